The number of thiophene rings is 1. The van der Waals surface area contributed by atoms with Gasteiger partial charge < -0.3 is 10.3 Å². The van der Waals surface area contributed by atoms with Gasteiger partial charge in [0.15, 0.2) is 5.13 Å². The number of H-pyrrole nitrogens is 2. The number of rotatable bonds is 6. The van der Waals surface area contributed by atoms with Gasteiger partial charge in [-0.1, -0.05) is 19.4 Å². The van der Waals surface area contributed by atoms with E-state index < -0.39 is 0 Å². The van der Waals surface area contributed by atoms with E-state index in [2.05, 4.69) is 43.1 Å². The van der Waals surface area contributed by atoms with Crippen molar-refractivity contribution in [1.29, 1.82) is 0 Å². The molecule has 1 saturated carbocycles. The number of halogens is 1. The number of nitrogens with zero attached hydrogens (tertiary/aromatic N) is 4. The molecule has 38 heavy (non-hydrogen) atoms. The normalized spacial score (nSPS) is 14.0. The monoisotopic (exact) mass is 521 g/mol. The average molecular weight is 522 g/mol. The van der Waals surface area contributed by atoms with Crippen molar-refractivity contribution < 1.29 is 4.39 Å². The van der Waals surface area contributed by atoms with Gasteiger partial charge in [-0.15, -0.1) is 11.3 Å². The van der Waals surface area contributed by atoms with Crippen molar-refractivity contribution in [2.45, 2.75) is 25.7 Å². The van der Waals surface area contributed by atoms with E-state index in [0.717, 1.165) is 72.2 Å². The van der Waals surface area contributed by atoms with E-state index in [4.69, 9.17) is 4.98 Å². The number of allylic oxidation sites excluding steroid dienone is 1. The van der Waals surface area contributed by atoms with Crippen molar-refractivity contribution in [3.05, 3.63) is 78.5 Å². The van der Waals surface area contributed by atoms with Crippen molar-refractivity contribution in [3.8, 4) is 33.2 Å². The average Bonchev–Trinajstić information content (AvgIpc) is 3.74. The van der Waals surface area contributed by atoms with Crippen LogP contribution in [0.3, 0.4) is 0 Å². The Bertz CT molecular complexity index is 1810. The van der Waals surface area contributed by atoms with Gasteiger partial charge in [-0.2, -0.15) is 9.49 Å². The van der Waals surface area contributed by atoms with Crippen molar-refractivity contribution in [2.24, 2.45) is 5.92 Å². The number of aromatic nitrogens is 6. The molecule has 0 bridgehead atoms. The van der Waals surface area contributed by atoms with Crippen LogP contribution in [0.1, 0.15) is 25.7 Å². The number of aromatic amines is 2. The summed E-state index contributed by atoms with van der Waals surface area (Å²) < 4.78 is 13.7. The zero-order valence-corrected chi connectivity index (χ0v) is 21.3. The van der Waals surface area contributed by atoms with E-state index in [-0.39, 0.29) is 5.13 Å². The lowest BCUT2D eigenvalue weighted by Gasteiger charge is -2.15. The number of hydrogen-bond acceptors (Lipinski definition) is 6. The highest BCUT2D eigenvalue weighted by atomic mass is 32.1. The largest absolute Gasteiger partial charge is 0.358 e. The summed E-state index contributed by atoms with van der Waals surface area (Å²) in [5.74, 6) is 0.521. The van der Waals surface area contributed by atoms with Gasteiger partial charge in [-0.05, 0) is 61.2 Å². The van der Waals surface area contributed by atoms with Crippen molar-refractivity contribution in [1.82, 2.24) is 30.1 Å². The molecule has 0 aromatic carbocycles. The third kappa shape index (κ3) is 4.05. The first-order valence-corrected chi connectivity index (χ1v) is 13.4. The SMILES string of the molecule is C=C(Nc1cncc(-c2ccc3[nH]nc(-c4cc5c(-c6ccc(F)s6)nccc5[nH]4)c3n2)c1)C1CCCC1. The van der Waals surface area contributed by atoms with Crippen LogP contribution >= 0.6 is 11.3 Å². The maximum atomic E-state index is 13.7. The Morgan fingerprint density at radius 1 is 1.03 bits per heavy atom. The highest BCUT2D eigenvalue weighted by Gasteiger charge is 2.19. The number of fused-ring (bicyclic) bond motifs is 2. The van der Waals surface area contributed by atoms with Crippen LogP contribution in [0.4, 0.5) is 10.1 Å². The van der Waals surface area contributed by atoms with Gasteiger partial charge in [0.1, 0.15) is 11.2 Å². The smallest absolute Gasteiger partial charge is 0.177 e. The molecule has 9 heteroatoms. The fourth-order valence-corrected chi connectivity index (χ4v) is 6.02. The quantitative estimate of drug-likeness (QED) is 0.210. The highest BCUT2D eigenvalue weighted by Crippen LogP contribution is 2.36. The molecule has 1 aliphatic carbocycles. The lowest BCUT2D eigenvalue weighted by atomic mass is 10.0. The van der Waals surface area contributed by atoms with E-state index in [0.29, 0.717) is 11.6 Å². The van der Waals surface area contributed by atoms with E-state index in [1.54, 1.807) is 12.3 Å². The molecule has 1 aliphatic rings. The second-order valence-electron chi connectivity index (χ2n) is 9.67. The first kappa shape index (κ1) is 22.8. The second kappa shape index (κ2) is 9.18. The maximum absolute atomic E-state index is 13.7. The van der Waals surface area contributed by atoms with Gasteiger partial charge >= 0.3 is 0 Å². The van der Waals surface area contributed by atoms with Crippen LogP contribution in [0.25, 0.3) is 55.2 Å². The Morgan fingerprint density at radius 2 is 1.92 bits per heavy atom. The van der Waals surface area contributed by atoms with Crippen LogP contribution in [-0.2, 0) is 0 Å². The summed E-state index contributed by atoms with van der Waals surface area (Å²) in [6.45, 7) is 4.27. The van der Waals surface area contributed by atoms with Gasteiger partial charge in [0, 0.05) is 34.6 Å². The second-order valence-corrected chi connectivity index (χ2v) is 10.7. The molecular formula is C29H24FN7S. The van der Waals surface area contributed by atoms with Gasteiger partial charge in [-0.3, -0.25) is 15.1 Å². The zero-order chi connectivity index (χ0) is 25.6. The topological polar surface area (TPSA) is 95.2 Å². The standard InChI is InChI=1S/C29H24FN7S/c1-16(17-4-2-3-5-17)33-19-12-18(14-31-15-19)21-6-7-23-28(35-21)29(37-36-23)24-13-20-22(34-24)10-11-32-27(20)25-8-9-26(30)38-25/h6-15,17,33-34H,1-5H2,(H,36,37). The molecule has 3 N–H and O–H groups in total. The molecule has 1 fully saturated rings. The zero-order valence-electron chi connectivity index (χ0n) is 20.5. The van der Waals surface area contributed by atoms with Crippen molar-refractivity contribution in [3.63, 3.8) is 0 Å². The number of anilines is 1. The summed E-state index contributed by atoms with van der Waals surface area (Å²) in [6.07, 6.45) is 10.3. The lowest BCUT2D eigenvalue weighted by Crippen LogP contribution is -2.07. The highest BCUT2D eigenvalue weighted by molar-refractivity contribution is 7.13. The number of pyridine rings is 3. The Labute approximate surface area is 221 Å². The molecule has 6 aromatic rings. The molecule has 0 spiro atoms. The summed E-state index contributed by atoms with van der Waals surface area (Å²) in [7, 11) is 0. The maximum Gasteiger partial charge on any atom is 0.177 e. The van der Waals surface area contributed by atoms with E-state index in [1.165, 1.54) is 31.7 Å². The molecule has 6 heterocycles. The first-order valence-electron chi connectivity index (χ1n) is 12.6. The molecule has 0 radical (unpaired) electrons. The minimum Gasteiger partial charge on any atom is -0.358 e. The van der Waals surface area contributed by atoms with E-state index in [9.17, 15) is 4.39 Å². The summed E-state index contributed by atoms with van der Waals surface area (Å²) in [5, 5.41) is 11.8. The molecule has 0 atom stereocenters. The summed E-state index contributed by atoms with van der Waals surface area (Å²) in [6, 6.07) is 13.1. The lowest BCUT2D eigenvalue weighted by molar-refractivity contribution is 0.649. The molecule has 7 nitrogen and oxygen atoms in total. The summed E-state index contributed by atoms with van der Waals surface area (Å²) in [4.78, 5) is 18.2. The molecular weight excluding hydrogens is 497 g/mol. The van der Waals surface area contributed by atoms with Crippen LogP contribution in [0.5, 0.6) is 0 Å². The Hall–Kier alpha value is -4.37. The van der Waals surface area contributed by atoms with Crippen LogP contribution in [0.2, 0.25) is 0 Å². The fraction of sp³-hybridized carbons (Fsp3) is 0.172. The molecule has 7 rings (SSSR count). The fourth-order valence-electron chi connectivity index (χ4n) is 5.28. The van der Waals surface area contributed by atoms with E-state index in [1.807, 2.05) is 36.7 Å². The predicted molar refractivity (Wildman–Crippen MR) is 150 cm³/mol. The molecule has 0 unspecified atom stereocenters. The molecule has 6 aromatic heterocycles. The minimum absolute atomic E-state index is 0.235. The van der Waals surface area contributed by atoms with Crippen LogP contribution in [-0.4, -0.2) is 30.1 Å². The summed E-state index contributed by atoms with van der Waals surface area (Å²) >= 11 is 1.08. The van der Waals surface area contributed by atoms with Gasteiger partial charge in [-0.25, -0.2) is 4.98 Å². The van der Waals surface area contributed by atoms with Crippen LogP contribution in [0, 0.1) is 11.0 Å². The Morgan fingerprint density at radius 3 is 2.76 bits per heavy atom. The molecule has 0 saturated heterocycles. The van der Waals surface area contributed by atoms with Crippen LogP contribution in [0.15, 0.2) is 73.3 Å². The Balaban J connectivity index is 1.24. The summed E-state index contributed by atoms with van der Waals surface area (Å²) in [5.41, 5.74) is 8.41. The Kier molecular flexibility index (Phi) is 5.51. The minimum atomic E-state index is -0.235. The molecule has 0 amide bonds. The van der Waals surface area contributed by atoms with Gasteiger partial charge in [0.25, 0.3) is 0 Å². The van der Waals surface area contributed by atoms with Crippen molar-refractivity contribution in [2.75, 3.05) is 5.32 Å². The third-order valence-electron chi connectivity index (χ3n) is 7.20. The molecule has 188 valence electrons. The van der Waals surface area contributed by atoms with Crippen LogP contribution < -0.4 is 5.32 Å². The number of hydrogen-bond donors (Lipinski definition) is 3. The first-order chi connectivity index (χ1) is 18.6. The van der Waals surface area contributed by atoms with Crippen molar-refractivity contribution >= 4 is 39.0 Å². The van der Waals surface area contributed by atoms with Gasteiger partial charge in [0.2, 0.25) is 0 Å². The predicted octanol–water partition coefficient (Wildman–Crippen LogP) is 7.55. The molecule has 0 aliphatic heterocycles. The van der Waals surface area contributed by atoms with Gasteiger partial charge in [0.05, 0.1) is 39.4 Å². The van der Waals surface area contributed by atoms with E-state index >= 15 is 0 Å². The number of nitrogens with one attached hydrogen (secondary N) is 3. The third-order valence-corrected chi connectivity index (χ3v) is 8.08.